The second kappa shape index (κ2) is 9.13. The minimum Gasteiger partial charge on any atom is -0.494 e. The Morgan fingerprint density at radius 1 is 0.850 bits per heavy atom. The van der Waals surface area contributed by atoms with Crippen LogP contribution in [0.3, 0.4) is 0 Å². The molecule has 0 aliphatic rings. The lowest BCUT2D eigenvalue weighted by Crippen LogP contribution is -2.54. The highest BCUT2D eigenvalue weighted by molar-refractivity contribution is 6.75. The van der Waals surface area contributed by atoms with Crippen LogP contribution in [0, 0.1) is 0 Å². The molecule has 0 saturated heterocycles. The van der Waals surface area contributed by atoms with Crippen molar-refractivity contribution in [3.05, 3.63) is 24.3 Å². The zero-order valence-electron chi connectivity index (χ0n) is 13.0. The number of unbranched alkanes of at least 4 members (excludes halogenated alkanes) is 3. The molecule has 0 N–H and O–H groups in total. The fourth-order valence-corrected chi connectivity index (χ4v) is 3.86. The van der Waals surface area contributed by atoms with Gasteiger partial charge in [-0.15, -0.1) is 0 Å². The molecule has 4 nitrogen and oxygen atoms in total. The van der Waals surface area contributed by atoms with E-state index in [0.717, 1.165) is 24.0 Å². The summed E-state index contributed by atoms with van der Waals surface area (Å²) in [6.07, 6.45) is 4.84. The van der Waals surface area contributed by atoms with Crippen LogP contribution in [0.15, 0.2) is 24.3 Å². The highest BCUT2D eigenvalue weighted by atomic mass is 28.4. The Bertz CT molecular complexity index is 354. The summed E-state index contributed by atoms with van der Waals surface area (Å²) in [5.74, 6) is 0.872. The fraction of sp³-hybridized carbons (Fsp3) is 0.600. The average Bonchev–Trinajstić information content (AvgIpc) is 2.51. The summed E-state index contributed by atoms with van der Waals surface area (Å²) in [5.41, 5.74) is 0. The molecule has 1 aromatic rings. The van der Waals surface area contributed by atoms with Gasteiger partial charge in [-0.05, 0) is 18.6 Å². The predicted octanol–water partition coefficient (Wildman–Crippen LogP) is 2.73. The van der Waals surface area contributed by atoms with Crippen molar-refractivity contribution in [2.75, 3.05) is 27.9 Å². The van der Waals surface area contributed by atoms with Crippen LogP contribution in [0.5, 0.6) is 5.75 Å². The quantitative estimate of drug-likeness (QED) is 0.492. The van der Waals surface area contributed by atoms with Gasteiger partial charge in [0.1, 0.15) is 5.75 Å². The van der Waals surface area contributed by atoms with E-state index in [-0.39, 0.29) is 0 Å². The van der Waals surface area contributed by atoms with Gasteiger partial charge in [0, 0.05) is 26.5 Å². The number of ether oxygens (including phenoxy) is 1. The van der Waals surface area contributed by atoms with Crippen molar-refractivity contribution in [2.45, 2.75) is 32.6 Å². The van der Waals surface area contributed by atoms with Crippen LogP contribution in [0.2, 0.25) is 0 Å². The molecule has 0 bridgehead atoms. The van der Waals surface area contributed by atoms with Gasteiger partial charge < -0.3 is 18.0 Å². The zero-order chi connectivity index (χ0) is 14.8. The summed E-state index contributed by atoms with van der Waals surface area (Å²) in [7, 11) is 2.10. The smallest absolute Gasteiger partial charge is 0.494 e. The standard InChI is InChI=1S/C15H26O4Si/c1-5-6-7-8-13-19-14-9-11-15(12-10-14)20(16-2,17-3)18-4/h9-12H,5-8,13H2,1-4H3. The molecule has 20 heavy (non-hydrogen) atoms. The zero-order valence-corrected chi connectivity index (χ0v) is 14.0. The summed E-state index contributed by atoms with van der Waals surface area (Å²) >= 11 is 0. The lowest BCUT2D eigenvalue weighted by molar-refractivity contribution is 0.140. The van der Waals surface area contributed by atoms with E-state index in [0.29, 0.717) is 0 Å². The van der Waals surface area contributed by atoms with Gasteiger partial charge >= 0.3 is 8.80 Å². The SMILES string of the molecule is CCCCCCOc1ccc([Si](OC)(OC)OC)cc1. The van der Waals surface area contributed by atoms with Crippen LogP contribution < -0.4 is 9.92 Å². The summed E-state index contributed by atoms with van der Waals surface area (Å²) in [6.45, 7) is 2.97. The third kappa shape index (κ3) is 4.59. The van der Waals surface area contributed by atoms with Gasteiger partial charge in [0.25, 0.3) is 0 Å². The molecule has 1 aromatic carbocycles. The fourth-order valence-electron chi connectivity index (χ4n) is 2.08. The molecule has 1 rings (SSSR count). The topological polar surface area (TPSA) is 36.9 Å². The normalized spacial score (nSPS) is 11.6. The van der Waals surface area contributed by atoms with Crippen molar-refractivity contribution in [2.24, 2.45) is 0 Å². The monoisotopic (exact) mass is 298 g/mol. The predicted molar refractivity (Wildman–Crippen MR) is 82.5 cm³/mol. The highest BCUT2D eigenvalue weighted by Gasteiger charge is 2.40. The Morgan fingerprint density at radius 3 is 1.95 bits per heavy atom. The Balaban J connectivity index is 2.55. The summed E-state index contributed by atoms with van der Waals surface area (Å²) in [4.78, 5) is 0. The van der Waals surface area contributed by atoms with Crippen molar-refractivity contribution >= 4 is 14.0 Å². The second-order valence-corrected chi connectivity index (χ2v) is 7.52. The summed E-state index contributed by atoms with van der Waals surface area (Å²) in [5, 5.41) is 0.934. The minimum atomic E-state index is -2.72. The Kier molecular flexibility index (Phi) is 7.83. The summed E-state index contributed by atoms with van der Waals surface area (Å²) in [6, 6.07) is 7.77. The number of benzene rings is 1. The molecule has 0 atom stereocenters. The van der Waals surface area contributed by atoms with Crippen molar-refractivity contribution in [1.82, 2.24) is 0 Å². The van der Waals surface area contributed by atoms with Crippen LogP contribution in [0.1, 0.15) is 32.6 Å². The van der Waals surface area contributed by atoms with Crippen LogP contribution in [0.4, 0.5) is 0 Å². The highest BCUT2D eigenvalue weighted by Crippen LogP contribution is 2.13. The van der Waals surface area contributed by atoms with Gasteiger partial charge in [-0.2, -0.15) is 0 Å². The lowest BCUT2D eigenvalue weighted by atomic mass is 10.2. The summed E-state index contributed by atoms with van der Waals surface area (Å²) < 4.78 is 22.0. The number of rotatable bonds is 10. The van der Waals surface area contributed by atoms with Gasteiger partial charge in [0.2, 0.25) is 0 Å². The molecule has 0 aliphatic heterocycles. The van der Waals surface area contributed by atoms with Gasteiger partial charge in [-0.25, -0.2) is 0 Å². The van der Waals surface area contributed by atoms with E-state index in [9.17, 15) is 0 Å². The molecular weight excluding hydrogens is 272 g/mol. The van der Waals surface area contributed by atoms with Gasteiger partial charge in [0.15, 0.2) is 0 Å². The first-order chi connectivity index (χ1) is 9.72. The van der Waals surface area contributed by atoms with Crippen LogP contribution in [-0.4, -0.2) is 36.7 Å². The molecule has 0 spiro atoms. The van der Waals surface area contributed by atoms with Gasteiger partial charge in [-0.1, -0.05) is 38.3 Å². The van der Waals surface area contributed by atoms with Crippen molar-refractivity contribution in [3.8, 4) is 5.75 Å². The molecular formula is C15H26O4Si. The van der Waals surface area contributed by atoms with E-state index >= 15 is 0 Å². The van der Waals surface area contributed by atoms with Crippen LogP contribution >= 0.6 is 0 Å². The lowest BCUT2D eigenvalue weighted by Gasteiger charge is -2.24. The van der Waals surface area contributed by atoms with Crippen LogP contribution in [-0.2, 0) is 13.3 Å². The first-order valence-electron chi connectivity index (χ1n) is 7.11. The number of hydrogen-bond acceptors (Lipinski definition) is 4. The molecule has 5 heteroatoms. The van der Waals surface area contributed by atoms with Crippen molar-refractivity contribution in [1.29, 1.82) is 0 Å². The molecule has 0 fully saturated rings. The Morgan fingerprint density at radius 2 is 1.45 bits per heavy atom. The Hall–Kier alpha value is -0.883. The maximum atomic E-state index is 5.71. The van der Waals surface area contributed by atoms with Gasteiger partial charge in [0.05, 0.1) is 6.61 Å². The average molecular weight is 298 g/mol. The van der Waals surface area contributed by atoms with E-state index in [1.165, 1.54) is 19.3 Å². The maximum absolute atomic E-state index is 5.71. The van der Waals surface area contributed by atoms with E-state index in [1.807, 2.05) is 24.3 Å². The molecule has 0 aromatic heterocycles. The molecule has 0 amide bonds. The molecule has 0 heterocycles. The molecule has 0 saturated carbocycles. The van der Waals surface area contributed by atoms with Crippen molar-refractivity contribution in [3.63, 3.8) is 0 Å². The Labute approximate surface area is 123 Å². The third-order valence-corrected chi connectivity index (χ3v) is 5.93. The first-order valence-corrected chi connectivity index (χ1v) is 8.83. The van der Waals surface area contributed by atoms with Crippen LogP contribution in [0.25, 0.3) is 0 Å². The van der Waals surface area contributed by atoms with E-state index in [4.69, 9.17) is 18.0 Å². The first kappa shape index (κ1) is 17.2. The van der Waals surface area contributed by atoms with Crippen molar-refractivity contribution < 1.29 is 18.0 Å². The maximum Gasteiger partial charge on any atom is 0.536 e. The largest absolute Gasteiger partial charge is 0.536 e. The molecule has 0 radical (unpaired) electrons. The van der Waals surface area contributed by atoms with Gasteiger partial charge in [-0.3, -0.25) is 0 Å². The third-order valence-electron chi connectivity index (χ3n) is 3.28. The molecule has 0 unspecified atom stereocenters. The van der Waals surface area contributed by atoms with E-state index < -0.39 is 8.80 Å². The molecule has 114 valence electrons. The minimum absolute atomic E-state index is 0.765. The molecule has 0 aliphatic carbocycles. The van der Waals surface area contributed by atoms with E-state index in [2.05, 4.69) is 6.92 Å². The number of hydrogen-bond donors (Lipinski definition) is 0. The second-order valence-electron chi connectivity index (χ2n) is 4.60. The van der Waals surface area contributed by atoms with E-state index in [1.54, 1.807) is 21.3 Å².